The summed E-state index contributed by atoms with van der Waals surface area (Å²) in [6, 6.07) is 7.11. The first-order chi connectivity index (χ1) is 7.38. The quantitative estimate of drug-likeness (QED) is 0.604. The largest absolute Gasteiger partial charge is 0.399 e. The molecule has 16 heavy (non-hydrogen) atoms. The molecule has 1 aromatic carbocycles. The number of hydrogen-bond donors (Lipinski definition) is 2. The summed E-state index contributed by atoms with van der Waals surface area (Å²) in [7, 11) is 0. The number of anilines is 1. The van der Waals surface area contributed by atoms with Crippen molar-refractivity contribution in [2.75, 3.05) is 12.3 Å². The number of nitrogen functional groups attached to an aromatic ring is 1. The minimum absolute atomic E-state index is 0.0516. The zero-order valence-corrected chi connectivity index (χ0v) is 10.2. The van der Waals surface area contributed by atoms with Crippen LogP contribution in [0.15, 0.2) is 24.3 Å². The summed E-state index contributed by atoms with van der Waals surface area (Å²) < 4.78 is 0. The molecule has 3 N–H and O–H groups in total. The van der Waals surface area contributed by atoms with Crippen LogP contribution in [0.25, 0.3) is 0 Å². The van der Waals surface area contributed by atoms with Crippen molar-refractivity contribution in [3.05, 3.63) is 29.8 Å². The van der Waals surface area contributed by atoms with Gasteiger partial charge in [0.2, 0.25) is 0 Å². The number of hydrogen-bond acceptors (Lipinski definition) is 3. The van der Waals surface area contributed by atoms with Gasteiger partial charge in [0.05, 0.1) is 0 Å². The fraction of sp³-hybridized carbons (Fsp3) is 0.462. The van der Waals surface area contributed by atoms with E-state index in [1.54, 1.807) is 24.3 Å². The Kier molecular flexibility index (Phi) is 4.07. The Hall–Kier alpha value is -1.35. The SMILES string of the molecule is CC(C)(C)NCCC(=O)c1cccc(N)c1. The molecule has 0 heterocycles. The third kappa shape index (κ3) is 4.45. The highest BCUT2D eigenvalue weighted by Gasteiger charge is 2.10. The number of carbonyl (C=O) groups is 1. The molecule has 1 aromatic rings. The van der Waals surface area contributed by atoms with E-state index in [4.69, 9.17) is 5.73 Å². The summed E-state index contributed by atoms with van der Waals surface area (Å²) in [6.07, 6.45) is 0.501. The second-order valence-corrected chi connectivity index (χ2v) is 4.98. The highest BCUT2D eigenvalue weighted by atomic mass is 16.1. The van der Waals surface area contributed by atoms with Gasteiger partial charge in [-0.2, -0.15) is 0 Å². The molecule has 0 radical (unpaired) electrons. The number of nitrogens with one attached hydrogen (secondary N) is 1. The van der Waals surface area contributed by atoms with Crippen molar-refractivity contribution >= 4 is 11.5 Å². The Balaban J connectivity index is 2.47. The van der Waals surface area contributed by atoms with Crippen LogP contribution < -0.4 is 11.1 Å². The Morgan fingerprint density at radius 1 is 1.38 bits per heavy atom. The van der Waals surface area contributed by atoms with E-state index < -0.39 is 0 Å². The molecule has 0 aliphatic carbocycles. The molecule has 0 amide bonds. The molecule has 0 aliphatic rings. The van der Waals surface area contributed by atoms with Crippen LogP contribution in [0.2, 0.25) is 0 Å². The molecule has 0 saturated carbocycles. The second kappa shape index (κ2) is 5.12. The van der Waals surface area contributed by atoms with Crippen LogP contribution in [0.4, 0.5) is 5.69 Å². The average Bonchev–Trinajstić information content (AvgIpc) is 2.15. The van der Waals surface area contributed by atoms with E-state index in [-0.39, 0.29) is 11.3 Å². The zero-order chi connectivity index (χ0) is 12.2. The van der Waals surface area contributed by atoms with E-state index in [1.807, 2.05) is 0 Å². The standard InChI is InChI=1S/C13H20N2O/c1-13(2,3)15-8-7-12(16)10-5-4-6-11(14)9-10/h4-6,9,15H,7-8,14H2,1-3H3. The van der Waals surface area contributed by atoms with E-state index in [9.17, 15) is 4.79 Å². The molecule has 0 bridgehead atoms. The maximum Gasteiger partial charge on any atom is 0.164 e. The van der Waals surface area contributed by atoms with Gasteiger partial charge in [-0.1, -0.05) is 12.1 Å². The van der Waals surface area contributed by atoms with E-state index >= 15 is 0 Å². The lowest BCUT2D eigenvalue weighted by atomic mass is 10.1. The minimum Gasteiger partial charge on any atom is -0.399 e. The monoisotopic (exact) mass is 220 g/mol. The van der Waals surface area contributed by atoms with Crippen molar-refractivity contribution in [3.63, 3.8) is 0 Å². The normalized spacial score (nSPS) is 11.4. The molecule has 0 aromatic heterocycles. The summed E-state index contributed by atoms with van der Waals surface area (Å²) >= 11 is 0. The predicted molar refractivity (Wildman–Crippen MR) is 67.6 cm³/mol. The number of ketones is 1. The third-order valence-corrected chi connectivity index (χ3v) is 2.22. The van der Waals surface area contributed by atoms with Crippen LogP contribution in [0, 0.1) is 0 Å². The maximum atomic E-state index is 11.8. The molecule has 0 fully saturated rings. The summed E-state index contributed by atoms with van der Waals surface area (Å²) in [6.45, 7) is 6.94. The van der Waals surface area contributed by atoms with Crippen molar-refractivity contribution in [1.82, 2.24) is 5.32 Å². The minimum atomic E-state index is 0.0516. The Labute approximate surface area is 97.0 Å². The molecule has 88 valence electrons. The highest BCUT2D eigenvalue weighted by molar-refractivity contribution is 5.96. The lowest BCUT2D eigenvalue weighted by Crippen LogP contribution is -2.37. The van der Waals surface area contributed by atoms with Crippen molar-refractivity contribution in [2.24, 2.45) is 0 Å². The first-order valence-electron chi connectivity index (χ1n) is 5.52. The van der Waals surface area contributed by atoms with Crippen molar-refractivity contribution < 1.29 is 4.79 Å². The number of Topliss-reactive ketones (excluding diaryl/α,β-unsaturated/α-hetero) is 1. The highest BCUT2D eigenvalue weighted by Crippen LogP contribution is 2.09. The second-order valence-electron chi connectivity index (χ2n) is 4.98. The van der Waals surface area contributed by atoms with Crippen molar-refractivity contribution in [1.29, 1.82) is 0 Å². The number of carbonyl (C=O) groups excluding carboxylic acids is 1. The van der Waals surface area contributed by atoms with Gasteiger partial charge in [-0.25, -0.2) is 0 Å². The van der Waals surface area contributed by atoms with E-state index in [1.165, 1.54) is 0 Å². The maximum absolute atomic E-state index is 11.8. The first-order valence-corrected chi connectivity index (χ1v) is 5.52. The van der Waals surface area contributed by atoms with Gasteiger partial charge < -0.3 is 11.1 Å². The molecule has 0 saturated heterocycles. The predicted octanol–water partition coefficient (Wildman–Crippen LogP) is 2.23. The zero-order valence-electron chi connectivity index (χ0n) is 10.2. The van der Waals surface area contributed by atoms with E-state index in [0.29, 0.717) is 24.2 Å². The summed E-state index contributed by atoms with van der Waals surface area (Å²) in [5, 5.41) is 3.29. The Morgan fingerprint density at radius 2 is 2.06 bits per heavy atom. The van der Waals surface area contributed by atoms with Gasteiger partial charge in [-0.15, -0.1) is 0 Å². The molecule has 1 rings (SSSR count). The number of benzene rings is 1. The molecular formula is C13H20N2O. The molecule has 0 spiro atoms. The molecule has 0 atom stereocenters. The van der Waals surface area contributed by atoms with Crippen LogP contribution in [0.1, 0.15) is 37.6 Å². The summed E-state index contributed by atoms with van der Waals surface area (Å²) in [5.74, 6) is 0.129. The van der Waals surface area contributed by atoms with E-state index in [0.717, 1.165) is 0 Å². The van der Waals surface area contributed by atoms with Gasteiger partial charge in [-0.05, 0) is 32.9 Å². The van der Waals surface area contributed by atoms with Gasteiger partial charge in [-0.3, -0.25) is 4.79 Å². The molecule has 3 nitrogen and oxygen atoms in total. The van der Waals surface area contributed by atoms with Gasteiger partial charge in [0.25, 0.3) is 0 Å². The van der Waals surface area contributed by atoms with Crippen molar-refractivity contribution in [3.8, 4) is 0 Å². The van der Waals surface area contributed by atoms with E-state index in [2.05, 4.69) is 26.1 Å². The van der Waals surface area contributed by atoms with Gasteiger partial charge in [0.1, 0.15) is 0 Å². The summed E-state index contributed by atoms with van der Waals surface area (Å²) in [5.41, 5.74) is 7.00. The molecular weight excluding hydrogens is 200 g/mol. The molecule has 0 aliphatic heterocycles. The average molecular weight is 220 g/mol. The van der Waals surface area contributed by atoms with Crippen LogP contribution in [-0.4, -0.2) is 17.9 Å². The van der Waals surface area contributed by atoms with Gasteiger partial charge in [0, 0.05) is 29.8 Å². The topological polar surface area (TPSA) is 55.1 Å². The van der Waals surface area contributed by atoms with Crippen LogP contribution in [0.3, 0.4) is 0 Å². The lowest BCUT2D eigenvalue weighted by molar-refractivity contribution is 0.0980. The number of rotatable bonds is 4. The number of nitrogens with two attached hydrogens (primary N) is 1. The van der Waals surface area contributed by atoms with Crippen LogP contribution in [-0.2, 0) is 0 Å². The fourth-order valence-corrected chi connectivity index (χ4v) is 1.41. The van der Waals surface area contributed by atoms with Gasteiger partial charge in [0.15, 0.2) is 5.78 Å². The van der Waals surface area contributed by atoms with Crippen molar-refractivity contribution in [2.45, 2.75) is 32.7 Å². The Morgan fingerprint density at radius 3 is 2.62 bits per heavy atom. The summed E-state index contributed by atoms with van der Waals surface area (Å²) in [4.78, 5) is 11.8. The Bertz CT molecular complexity index is 366. The smallest absolute Gasteiger partial charge is 0.164 e. The molecule has 0 unspecified atom stereocenters. The van der Waals surface area contributed by atoms with Crippen LogP contribution >= 0.6 is 0 Å². The first kappa shape index (κ1) is 12.7. The third-order valence-electron chi connectivity index (χ3n) is 2.22. The van der Waals surface area contributed by atoms with Crippen LogP contribution in [0.5, 0.6) is 0 Å². The molecule has 3 heteroatoms. The lowest BCUT2D eigenvalue weighted by Gasteiger charge is -2.20. The fourth-order valence-electron chi connectivity index (χ4n) is 1.41. The van der Waals surface area contributed by atoms with Gasteiger partial charge >= 0.3 is 0 Å².